The van der Waals surface area contributed by atoms with Crippen LogP contribution in [0.2, 0.25) is 0 Å². The highest BCUT2D eigenvalue weighted by Crippen LogP contribution is 2.54. The molecule has 0 heterocycles. The molecule has 0 saturated heterocycles. The first-order valence-corrected chi connectivity index (χ1v) is 6.31. The molecule has 0 N–H and O–H groups in total. The Morgan fingerprint density at radius 2 is 1.86 bits per heavy atom. The zero-order valence-electron chi connectivity index (χ0n) is 9.72. The van der Waals surface area contributed by atoms with Gasteiger partial charge in [0.15, 0.2) is 0 Å². The van der Waals surface area contributed by atoms with Gasteiger partial charge in [-0.25, -0.2) is 0 Å². The minimum atomic E-state index is 0.620. The predicted molar refractivity (Wildman–Crippen MR) is 59.3 cm³/mol. The van der Waals surface area contributed by atoms with Crippen LogP contribution in [0, 0.1) is 17.3 Å². The summed E-state index contributed by atoms with van der Waals surface area (Å²) >= 11 is 0. The lowest BCUT2D eigenvalue weighted by Crippen LogP contribution is -2.27. The largest absolute Gasteiger partial charge is 0.381 e. The smallest absolute Gasteiger partial charge is 0.0525 e. The third-order valence-corrected chi connectivity index (χ3v) is 4.16. The normalized spacial score (nSPS) is 36.6. The fraction of sp³-hybridized carbons (Fsp3) is 1.00. The van der Waals surface area contributed by atoms with Gasteiger partial charge < -0.3 is 4.74 Å². The maximum atomic E-state index is 5.88. The van der Waals surface area contributed by atoms with E-state index in [1.54, 1.807) is 0 Å². The highest BCUT2D eigenvalue weighted by atomic mass is 16.5. The van der Waals surface area contributed by atoms with Gasteiger partial charge in [0.25, 0.3) is 0 Å². The summed E-state index contributed by atoms with van der Waals surface area (Å²) in [7, 11) is 0. The van der Waals surface area contributed by atoms with E-state index in [2.05, 4.69) is 13.8 Å². The van der Waals surface area contributed by atoms with E-state index in [0.29, 0.717) is 11.3 Å². The Kier molecular flexibility index (Phi) is 3.16. The van der Waals surface area contributed by atoms with Crippen molar-refractivity contribution in [1.82, 2.24) is 0 Å². The molecule has 1 heteroatoms. The molecule has 0 aromatic carbocycles. The van der Waals surface area contributed by atoms with Gasteiger partial charge in [0.2, 0.25) is 0 Å². The van der Waals surface area contributed by atoms with Crippen molar-refractivity contribution in [2.24, 2.45) is 17.3 Å². The van der Waals surface area contributed by atoms with E-state index in [-0.39, 0.29) is 0 Å². The predicted octanol–water partition coefficient (Wildman–Crippen LogP) is 3.63. The van der Waals surface area contributed by atoms with E-state index in [9.17, 15) is 0 Å². The SMILES string of the molecule is CC(C)COCC12CCCC1CCC2. The molecular weight excluding hydrogens is 172 g/mol. The van der Waals surface area contributed by atoms with Gasteiger partial charge in [-0.1, -0.05) is 26.7 Å². The molecule has 2 rings (SSSR count). The zero-order valence-corrected chi connectivity index (χ0v) is 9.72. The van der Waals surface area contributed by atoms with Crippen molar-refractivity contribution in [3.05, 3.63) is 0 Å². The van der Waals surface area contributed by atoms with E-state index in [1.165, 1.54) is 38.5 Å². The maximum Gasteiger partial charge on any atom is 0.0525 e. The van der Waals surface area contributed by atoms with Crippen molar-refractivity contribution in [3.8, 4) is 0 Å². The Hall–Kier alpha value is -0.0400. The Morgan fingerprint density at radius 1 is 1.21 bits per heavy atom. The summed E-state index contributed by atoms with van der Waals surface area (Å²) in [5, 5.41) is 0. The van der Waals surface area contributed by atoms with Gasteiger partial charge in [0.05, 0.1) is 6.61 Å². The van der Waals surface area contributed by atoms with Crippen LogP contribution in [0.15, 0.2) is 0 Å². The van der Waals surface area contributed by atoms with Crippen LogP contribution in [0.3, 0.4) is 0 Å². The Bertz CT molecular complexity index is 176. The highest BCUT2D eigenvalue weighted by molar-refractivity contribution is 4.96. The van der Waals surface area contributed by atoms with Gasteiger partial charge in [0.1, 0.15) is 0 Å². The van der Waals surface area contributed by atoms with E-state index in [1.807, 2.05) is 0 Å². The average molecular weight is 196 g/mol. The van der Waals surface area contributed by atoms with Gasteiger partial charge in [-0.05, 0) is 42.9 Å². The van der Waals surface area contributed by atoms with Gasteiger partial charge in [-0.15, -0.1) is 0 Å². The second-order valence-electron chi connectivity index (χ2n) is 5.75. The van der Waals surface area contributed by atoms with Gasteiger partial charge >= 0.3 is 0 Å². The monoisotopic (exact) mass is 196 g/mol. The molecule has 0 bridgehead atoms. The van der Waals surface area contributed by atoms with Crippen LogP contribution in [0.1, 0.15) is 52.4 Å². The number of fused-ring (bicyclic) bond motifs is 1. The molecule has 0 radical (unpaired) electrons. The van der Waals surface area contributed by atoms with Crippen LogP contribution in [0.5, 0.6) is 0 Å². The van der Waals surface area contributed by atoms with Crippen LogP contribution < -0.4 is 0 Å². The minimum Gasteiger partial charge on any atom is -0.381 e. The summed E-state index contributed by atoms with van der Waals surface area (Å²) in [5.41, 5.74) is 0.620. The second kappa shape index (κ2) is 4.22. The molecule has 2 aliphatic carbocycles. The summed E-state index contributed by atoms with van der Waals surface area (Å²) in [4.78, 5) is 0. The maximum absolute atomic E-state index is 5.88. The Morgan fingerprint density at radius 3 is 2.43 bits per heavy atom. The molecular formula is C13H24O. The number of ether oxygens (including phenoxy) is 1. The molecule has 2 saturated carbocycles. The highest BCUT2D eigenvalue weighted by Gasteiger charge is 2.45. The van der Waals surface area contributed by atoms with Crippen LogP contribution in [-0.4, -0.2) is 13.2 Å². The second-order valence-corrected chi connectivity index (χ2v) is 5.75. The Labute approximate surface area is 88.2 Å². The van der Waals surface area contributed by atoms with Crippen molar-refractivity contribution in [1.29, 1.82) is 0 Å². The first-order chi connectivity index (χ1) is 6.73. The molecule has 2 fully saturated rings. The van der Waals surface area contributed by atoms with Crippen molar-refractivity contribution >= 4 is 0 Å². The van der Waals surface area contributed by atoms with Crippen molar-refractivity contribution in [2.75, 3.05) is 13.2 Å². The molecule has 0 amide bonds. The molecule has 0 unspecified atom stereocenters. The lowest BCUT2D eigenvalue weighted by atomic mass is 9.81. The third-order valence-electron chi connectivity index (χ3n) is 4.16. The summed E-state index contributed by atoms with van der Waals surface area (Å²) < 4.78 is 5.88. The summed E-state index contributed by atoms with van der Waals surface area (Å²) in [6.07, 6.45) is 8.74. The summed E-state index contributed by atoms with van der Waals surface area (Å²) in [6, 6.07) is 0. The van der Waals surface area contributed by atoms with Crippen molar-refractivity contribution in [2.45, 2.75) is 52.4 Å². The van der Waals surface area contributed by atoms with E-state index < -0.39 is 0 Å². The molecule has 0 atom stereocenters. The van der Waals surface area contributed by atoms with Crippen LogP contribution in [0.25, 0.3) is 0 Å². The minimum absolute atomic E-state index is 0.620. The quantitative estimate of drug-likeness (QED) is 0.667. The molecule has 0 spiro atoms. The topological polar surface area (TPSA) is 9.23 Å². The fourth-order valence-corrected chi connectivity index (χ4v) is 3.45. The number of hydrogen-bond donors (Lipinski definition) is 0. The first kappa shape index (κ1) is 10.5. The molecule has 82 valence electrons. The molecule has 0 aromatic rings. The standard InChI is InChI=1S/C13H24O/c1-11(2)9-14-10-13-7-3-5-12(13)6-4-8-13/h11-12H,3-10H2,1-2H3. The van der Waals surface area contributed by atoms with Crippen LogP contribution in [-0.2, 0) is 4.74 Å². The van der Waals surface area contributed by atoms with Crippen molar-refractivity contribution in [3.63, 3.8) is 0 Å². The number of hydrogen-bond acceptors (Lipinski definition) is 1. The van der Waals surface area contributed by atoms with Gasteiger partial charge in [-0.3, -0.25) is 0 Å². The van der Waals surface area contributed by atoms with Crippen molar-refractivity contribution < 1.29 is 4.74 Å². The van der Waals surface area contributed by atoms with Gasteiger partial charge in [-0.2, -0.15) is 0 Å². The molecule has 1 nitrogen and oxygen atoms in total. The fourth-order valence-electron chi connectivity index (χ4n) is 3.45. The van der Waals surface area contributed by atoms with E-state index in [0.717, 1.165) is 19.1 Å². The Balaban J connectivity index is 1.82. The number of rotatable bonds is 4. The van der Waals surface area contributed by atoms with Crippen LogP contribution in [0.4, 0.5) is 0 Å². The van der Waals surface area contributed by atoms with Crippen LogP contribution >= 0.6 is 0 Å². The van der Waals surface area contributed by atoms with E-state index in [4.69, 9.17) is 4.74 Å². The van der Waals surface area contributed by atoms with E-state index >= 15 is 0 Å². The summed E-state index contributed by atoms with van der Waals surface area (Å²) in [5.74, 6) is 1.70. The molecule has 0 aromatic heterocycles. The van der Waals surface area contributed by atoms with Gasteiger partial charge in [0, 0.05) is 6.61 Å². The molecule has 2 aliphatic rings. The lowest BCUT2D eigenvalue weighted by Gasteiger charge is -2.29. The first-order valence-electron chi connectivity index (χ1n) is 6.31. The summed E-state index contributed by atoms with van der Waals surface area (Å²) in [6.45, 7) is 6.47. The zero-order chi connectivity index (χ0) is 10.0. The average Bonchev–Trinajstić information content (AvgIpc) is 2.61. The molecule has 0 aliphatic heterocycles. The third kappa shape index (κ3) is 1.98. The molecule has 14 heavy (non-hydrogen) atoms. The lowest BCUT2D eigenvalue weighted by molar-refractivity contribution is 0.0200.